The van der Waals surface area contributed by atoms with Gasteiger partial charge in [0, 0.05) is 73.5 Å². The molecule has 39 heavy (non-hydrogen) atoms. The number of nitrogens with zero attached hydrogens (tertiary/aromatic N) is 3. The van der Waals surface area contributed by atoms with Crippen LogP contribution >= 0.6 is 0 Å². The van der Waals surface area contributed by atoms with Gasteiger partial charge in [-0.15, -0.1) is 0 Å². The van der Waals surface area contributed by atoms with Crippen molar-refractivity contribution < 1.29 is 4.74 Å². The minimum Gasteiger partial charge on any atom is -0.379 e. The summed E-state index contributed by atoms with van der Waals surface area (Å²) in [6, 6.07) is 1.65. The van der Waals surface area contributed by atoms with Gasteiger partial charge in [0.2, 0.25) is 0 Å². The first-order chi connectivity index (χ1) is 17.8. The molecule has 2 aliphatic heterocycles. The van der Waals surface area contributed by atoms with E-state index in [1.807, 2.05) is 0 Å². The van der Waals surface area contributed by atoms with Gasteiger partial charge in [0.05, 0.1) is 13.2 Å². The van der Waals surface area contributed by atoms with Crippen LogP contribution in [0.2, 0.25) is 0 Å². The van der Waals surface area contributed by atoms with Crippen LogP contribution in [-0.4, -0.2) is 108 Å². The summed E-state index contributed by atoms with van der Waals surface area (Å²) < 4.78 is 5.25. The fourth-order valence-electron chi connectivity index (χ4n) is 5.23. The Bertz CT molecular complexity index is 616. The average molecular weight is 554 g/mol. The van der Waals surface area contributed by atoms with Crippen LogP contribution in [0.1, 0.15) is 122 Å². The molecule has 2 aliphatic carbocycles. The van der Waals surface area contributed by atoms with Gasteiger partial charge >= 0.3 is 0 Å². The second-order valence-electron chi connectivity index (χ2n) is 16.3. The molecule has 0 atom stereocenters. The van der Waals surface area contributed by atoms with E-state index in [2.05, 4.69) is 115 Å². The Kier molecular flexibility index (Phi) is 15.5. The lowest BCUT2D eigenvalue weighted by molar-refractivity contribution is -0.00389. The molecule has 6 nitrogen and oxygen atoms in total. The Morgan fingerprint density at radius 1 is 0.513 bits per heavy atom. The van der Waals surface area contributed by atoms with Gasteiger partial charge in [-0.1, -0.05) is 12.8 Å². The van der Waals surface area contributed by atoms with E-state index in [9.17, 15) is 0 Å². The third-order valence-electron chi connectivity index (χ3n) is 7.62. The Labute approximate surface area is 245 Å². The first-order valence-electron chi connectivity index (χ1n) is 16.1. The molecule has 0 aromatic heterocycles. The van der Waals surface area contributed by atoms with Crippen LogP contribution in [0.4, 0.5) is 0 Å². The molecule has 2 saturated heterocycles. The van der Waals surface area contributed by atoms with E-state index in [0.717, 1.165) is 38.4 Å². The molecule has 2 heterocycles. The summed E-state index contributed by atoms with van der Waals surface area (Å²) >= 11 is 0. The lowest BCUT2D eigenvalue weighted by Crippen LogP contribution is -2.52. The highest BCUT2D eigenvalue weighted by Crippen LogP contribution is 2.22. The van der Waals surface area contributed by atoms with E-state index < -0.39 is 0 Å². The predicted molar refractivity (Wildman–Crippen MR) is 172 cm³/mol. The van der Waals surface area contributed by atoms with Crippen LogP contribution in [0.25, 0.3) is 0 Å². The summed E-state index contributed by atoms with van der Waals surface area (Å²) in [7, 11) is 2.19. The minimum atomic E-state index is 0.314. The normalized spacial score (nSPS) is 22.7. The van der Waals surface area contributed by atoms with E-state index in [1.165, 1.54) is 64.7 Å². The fraction of sp³-hybridized carbons (Fsp3) is 1.00. The standard InChI is InChI=1S/C9H20N2.C9H19N.C8H17NO.C7H15N/c1-9(2,3)11-7-5-10(4)6-8-11;1-9(2,3)10-8-6-4-5-7-8;1-8(2,3)9-4-6-10-7-5-9;1-7(2,3)8-6-4-5-6/h5-8H2,1-4H3;8,10H,4-7H2,1-3H3;4-7H2,1-3H3;6,8H,4-5H2,1-3H3. The summed E-state index contributed by atoms with van der Waals surface area (Å²) in [6.07, 6.45) is 8.39. The quantitative estimate of drug-likeness (QED) is 0.437. The second-order valence-corrected chi connectivity index (χ2v) is 16.3. The zero-order valence-corrected chi connectivity index (χ0v) is 28.8. The SMILES string of the molecule is CC(C)(C)N1CCOCC1.CC(C)(C)NC1CC1.CC(C)(C)NC1CCCC1.CN1CCN(C(C)(C)C)CC1. The number of nitrogens with one attached hydrogen (secondary N) is 2. The van der Waals surface area contributed by atoms with Crippen LogP contribution in [0.3, 0.4) is 0 Å². The molecule has 0 aromatic rings. The highest BCUT2D eigenvalue weighted by molar-refractivity contribution is 4.87. The van der Waals surface area contributed by atoms with Crippen LogP contribution in [-0.2, 0) is 4.74 Å². The lowest BCUT2D eigenvalue weighted by Gasteiger charge is -2.41. The molecule has 0 radical (unpaired) electrons. The molecule has 0 unspecified atom stereocenters. The third-order valence-corrected chi connectivity index (χ3v) is 7.62. The molecule has 0 amide bonds. The minimum absolute atomic E-state index is 0.314. The highest BCUT2D eigenvalue weighted by Gasteiger charge is 2.26. The number of likely N-dealkylation sites (N-methyl/N-ethyl adjacent to an activating group) is 1. The van der Waals surface area contributed by atoms with Crippen molar-refractivity contribution in [3.8, 4) is 0 Å². The van der Waals surface area contributed by atoms with Crippen molar-refractivity contribution in [2.45, 2.75) is 156 Å². The summed E-state index contributed by atoms with van der Waals surface area (Å²) in [5, 5.41) is 7.11. The van der Waals surface area contributed by atoms with Crippen molar-refractivity contribution in [3.63, 3.8) is 0 Å². The maximum atomic E-state index is 5.25. The number of rotatable bonds is 2. The average Bonchev–Trinajstić information content (AvgIpc) is 3.44. The zero-order chi connectivity index (χ0) is 29.9. The molecule has 6 heteroatoms. The Morgan fingerprint density at radius 3 is 1.18 bits per heavy atom. The van der Waals surface area contributed by atoms with E-state index >= 15 is 0 Å². The van der Waals surface area contributed by atoms with E-state index in [1.54, 1.807) is 0 Å². The smallest absolute Gasteiger partial charge is 0.0594 e. The maximum Gasteiger partial charge on any atom is 0.0594 e. The van der Waals surface area contributed by atoms with Crippen molar-refractivity contribution in [1.82, 2.24) is 25.3 Å². The van der Waals surface area contributed by atoms with Gasteiger partial charge in [-0.25, -0.2) is 0 Å². The van der Waals surface area contributed by atoms with Crippen molar-refractivity contribution in [1.29, 1.82) is 0 Å². The Balaban J connectivity index is 0.000000261. The zero-order valence-electron chi connectivity index (χ0n) is 28.8. The van der Waals surface area contributed by atoms with E-state index in [4.69, 9.17) is 4.74 Å². The molecular formula is C33H71N5O. The molecule has 2 N–H and O–H groups in total. The summed E-state index contributed by atoms with van der Waals surface area (Å²) in [4.78, 5) is 7.39. The third kappa shape index (κ3) is 19.5. The number of hydrogen-bond donors (Lipinski definition) is 2. The molecule has 234 valence electrons. The number of hydrogen-bond acceptors (Lipinski definition) is 6. The predicted octanol–water partition coefficient (Wildman–Crippen LogP) is 6.00. The van der Waals surface area contributed by atoms with Gasteiger partial charge in [0.1, 0.15) is 0 Å². The van der Waals surface area contributed by atoms with Crippen molar-refractivity contribution in [2.24, 2.45) is 0 Å². The van der Waals surface area contributed by atoms with Gasteiger partial charge in [-0.3, -0.25) is 9.80 Å². The van der Waals surface area contributed by atoms with Crippen molar-refractivity contribution in [2.75, 3.05) is 59.5 Å². The van der Waals surface area contributed by atoms with Crippen LogP contribution in [0.15, 0.2) is 0 Å². The van der Waals surface area contributed by atoms with E-state index in [0.29, 0.717) is 22.2 Å². The Morgan fingerprint density at radius 2 is 0.872 bits per heavy atom. The molecule has 0 bridgehead atoms. The summed E-state index contributed by atoms with van der Waals surface area (Å²) in [5.74, 6) is 0. The van der Waals surface area contributed by atoms with Crippen molar-refractivity contribution in [3.05, 3.63) is 0 Å². The first-order valence-corrected chi connectivity index (χ1v) is 16.1. The summed E-state index contributed by atoms with van der Waals surface area (Å²) in [5.41, 5.74) is 1.33. The molecule has 4 rings (SSSR count). The van der Waals surface area contributed by atoms with Gasteiger partial charge in [0.15, 0.2) is 0 Å². The largest absolute Gasteiger partial charge is 0.379 e. The number of morpholine rings is 1. The maximum absolute atomic E-state index is 5.25. The molecule has 0 spiro atoms. The fourth-order valence-corrected chi connectivity index (χ4v) is 5.23. The van der Waals surface area contributed by atoms with Gasteiger partial charge in [-0.05, 0) is 116 Å². The first kappa shape index (κ1) is 36.8. The van der Waals surface area contributed by atoms with Crippen LogP contribution < -0.4 is 10.6 Å². The molecule has 4 aliphatic rings. The molecule has 4 fully saturated rings. The monoisotopic (exact) mass is 554 g/mol. The van der Waals surface area contributed by atoms with E-state index in [-0.39, 0.29) is 0 Å². The van der Waals surface area contributed by atoms with Crippen LogP contribution in [0, 0.1) is 0 Å². The topological polar surface area (TPSA) is 43.0 Å². The van der Waals surface area contributed by atoms with Gasteiger partial charge < -0.3 is 20.3 Å². The van der Waals surface area contributed by atoms with Crippen molar-refractivity contribution >= 4 is 0 Å². The number of piperazine rings is 1. The molecule has 0 aromatic carbocycles. The second kappa shape index (κ2) is 16.4. The highest BCUT2D eigenvalue weighted by atomic mass is 16.5. The van der Waals surface area contributed by atoms with Gasteiger partial charge in [-0.2, -0.15) is 0 Å². The number of ether oxygens (including phenoxy) is 1. The Hall–Kier alpha value is -0.240. The van der Waals surface area contributed by atoms with Gasteiger partial charge in [0.25, 0.3) is 0 Å². The van der Waals surface area contributed by atoms with Crippen LogP contribution in [0.5, 0.6) is 0 Å². The lowest BCUT2D eigenvalue weighted by atomic mass is 10.1. The summed E-state index contributed by atoms with van der Waals surface area (Å²) in [6.45, 7) is 35.8. The molecular weight excluding hydrogens is 482 g/mol. The molecule has 2 saturated carbocycles.